The summed E-state index contributed by atoms with van der Waals surface area (Å²) in [6, 6.07) is 5.73. The van der Waals surface area contributed by atoms with Gasteiger partial charge in [-0.05, 0) is 35.0 Å². The molecule has 20 heavy (non-hydrogen) atoms. The Bertz CT molecular complexity index is 806. The van der Waals surface area contributed by atoms with Gasteiger partial charge in [0.2, 0.25) is 0 Å². The van der Waals surface area contributed by atoms with Gasteiger partial charge in [0.15, 0.2) is 5.69 Å². The number of hydrogen-bond acceptors (Lipinski definition) is 3. The van der Waals surface area contributed by atoms with E-state index < -0.39 is 5.97 Å². The minimum Gasteiger partial charge on any atom is -0.476 e. The highest BCUT2D eigenvalue weighted by atomic mass is 79.9. The first-order valence-corrected chi connectivity index (χ1v) is 6.84. The molecule has 0 unspecified atom stereocenters. The maximum Gasteiger partial charge on any atom is 0.357 e. The van der Waals surface area contributed by atoms with Crippen LogP contribution in [-0.2, 0) is 6.54 Å². The highest BCUT2D eigenvalue weighted by Crippen LogP contribution is 2.32. The number of carbonyl (C=O) groups is 1. The topological polar surface area (TPSA) is 83.8 Å². The number of fused-ring (bicyclic) bond motifs is 1. The minimum atomic E-state index is -1.05. The number of nitrogens with zero attached hydrogens (tertiary/aromatic N) is 3. The number of carboxylic acid groups (broad SMARTS) is 1. The summed E-state index contributed by atoms with van der Waals surface area (Å²) in [5.41, 5.74) is 3.42. The van der Waals surface area contributed by atoms with Gasteiger partial charge in [0, 0.05) is 12.1 Å². The lowest BCUT2D eigenvalue weighted by Crippen LogP contribution is -2.02. The number of carboxylic acids is 1. The molecule has 1 aromatic carbocycles. The van der Waals surface area contributed by atoms with Crippen LogP contribution in [0.2, 0.25) is 0 Å². The lowest BCUT2D eigenvalue weighted by atomic mass is 10.1. The standard InChI is InChI=1S/C13H11BrN4O2/c1-2-18-12(10(14)11(17-18)13(19)20)7-3-4-8-9(5-7)16-6-15-8/h3-6H,2H2,1H3,(H,15,16)(H,19,20). The molecule has 2 aromatic heterocycles. The van der Waals surface area contributed by atoms with Crippen LogP contribution in [0.3, 0.4) is 0 Å². The number of aromatic nitrogens is 4. The summed E-state index contributed by atoms with van der Waals surface area (Å²) in [7, 11) is 0. The fourth-order valence-corrected chi connectivity index (χ4v) is 2.85. The molecule has 0 saturated heterocycles. The Morgan fingerprint density at radius 1 is 1.50 bits per heavy atom. The second-order valence-electron chi connectivity index (χ2n) is 4.27. The Balaban J connectivity index is 2.24. The maximum atomic E-state index is 11.2. The molecule has 0 saturated carbocycles. The van der Waals surface area contributed by atoms with E-state index in [1.165, 1.54) is 0 Å². The van der Waals surface area contributed by atoms with Crippen molar-refractivity contribution in [3.05, 3.63) is 34.7 Å². The normalized spacial score (nSPS) is 11.1. The number of imidazole rings is 1. The Hall–Kier alpha value is -2.15. The number of nitrogens with one attached hydrogen (secondary N) is 1. The summed E-state index contributed by atoms with van der Waals surface area (Å²) < 4.78 is 2.16. The molecule has 3 aromatic rings. The van der Waals surface area contributed by atoms with Crippen molar-refractivity contribution < 1.29 is 9.90 Å². The molecule has 6 nitrogen and oxygen atoms in total. The quantitative estimate of drug-likeness (QED) is 0.771. The van der Waals surface area contributed by atoms with E-state index in [1.807, 2.05) is 25.1 Å². The third-order valence-corrected chi connectivity index (χ3v) is 3.84. The van der Waals surface area contributed by atoms with E-state index in [2.05, 4.69) is 31.0 Å². The molecule has 2 heterocycles. The van der Waals surface area contributed by atoms with Crippen LogP contribution in [-0.4, -0.2) is 30.8 Å². The van der Waals surface area contributed by atoms with Crippen molar-refractivity contribution in [3.63, 3.8) is 0 Å². The van der Waals surface area contributed by atoms with E-state index >= 15 is 0 Å². The van der Waals surface area contributed by atoms with Crippen molar-refractivity contribution in [1.82, 2.24) is 19.7 Å². The molecular weight excluding hydrogens is 324 g/mol. The van der Waals surface area contributed by atoms with Gasteiger partial charge in [-0.15, -0.1) is 0 Å². The molecule has 3 rings (SSSR count). The van der Waals surface area contributed by atoms with Gasteiger partial charge < -0.3 is 10.1 Å². The monoisotopic (exact) mass is 334 g/mol. The van der Waals surface area contributed by atoms with Crippen molar-refractivity contribution >= 4 is 32.9 Å². The Labute approximate surface area is 122 Å². The number of benzene rings is 1. The summed E-state index contributed by atoms with van der Waals surface area (Å²) in [4.78, 5) is 18.4. The summed E-state index contributed by atoms with van der Waals surface area (Å²) in [5, 5.41) is 13.3. The van der Waals surface area contributed by atoms with Gasteiger partial charge in [-0.3, -0.25) is 4.68 Å². The zero-order valence-electron chi connectivity index (χ0n) is 10.6. The smallest absolute Gasteiger partial charge is 0.357 e. The summed E-state index contributed by atoms with van der Waals surface area (Å²) in [5.74, 6) is -1.05. The van der Waals surface area contributed by atoms with Crippen molar-refractivity contribution in [2.24, 2.45) is 0 Å². The number of hydrogen-bond donors (Lipinski definition) is 2. The second kappa shape index (κ2) is 4.75. The van der Waals surface area contributed by atoms with Crippen molar-refractivity contribution in [1.29, 1.82) is 0 Å². The first-order valence-electron chi connectivity index (χ1n) is 6.05. The van der Waals surface area contributed by atoms with Gasteiger partial charge in [-0.25, -0.2) is 9.78 Å². The zero-order chi connectivity index (χ0) is 14.3. The predicted molar refractivity (Wildman–Crippen MR) is 77.6 cm³/mol. The van der Waals surface area contributed by atoms with Crippen molar-refractivity contribution in [2.75, 3.05) is 0 Å². The molecule has 0 aliphatic heterocycles. The van der Waals surface area contributed by atoms with E-state index in [0.717, 1.165) is 22.3 Å². The zero-order valence-corrected chi connectivity index (χ0v) is 12.2. The number of halogens is 1. The van der Waals surface area contributed by atoms with Crippen molar-refractivity contribution in [2.45, 2.75) is 13.5 Å². The van der Waals surface area contributed by atoms with Crippen LogP contribution in [0.15, 0.2) is 29.0 Å². The number of H-pyrrole nitrogens is 1. The largest absolute Gasteiger partial charge is 0.476 e. The van der Waals surface area contributed by atoms with Gasteiger partial charge in [-0.1, -0.05) is 6.07 Å². The lowest BCUT2D eigenvalue weighted by molar-refractivity contribution is 0.0688. The molecule has 0 atom stereocenters. The SMILES string of the molecule is CCn1nc(C(=O)O)c(Br)c1-c1ccc2nc[nH]c2c1. The summed E-state index contributed by atoms with van der Waals surface area (Å²) in [6.45, 7) is 2.51. The third kappa shape index (κ3) is 1.90. The highest BCUT2D eigenvalue weighted by Gasteiger charge is 2.21. The summed E-state index contributed by atoms with van der Waals surface area (Å²) >= 11 is 3.35. The fourth-order valence-electron chi connectivity index (χ4n) is 2.16. The Morgan fingerprint density at radius 2 is 2.30 bits per heavy atom. The Morgan fingerprint density at radius 3 is 3.00 bits per heavy atom. The molecule has 0 bridgehead atoms. The van der Waals surface area contributed by atoms with Gasteiger partial charge in [0.1, 0.15) is 0 Å². The molecule has 0 radical (unpaired) electrons. The van der Waals surface area contributed by atoms with Crippen LogP contribution in [0.4, 0.5) is 0 Å². The minimum absolute atomic E-state index is 0.0200. The highest BCUT2D eigenvalue weighted by molar-refractivity contribution is 9.10. The van der Waals surface area contributed by atoms with Gasteiger partial charge in [0.05, 0.1) is 27.5 Å². The van der Waals surface area contributed by atoms with Crippen LogP contribution in [0.1, 0.15) is 17.4 Å². The summed E-state index contributed by atoms with van der Waals surface area (Å²) in [6.07, 6.45) is 1.63. The van der Waals surface area contributed by atoms with Crippen LogP contribution in [0.25, 0.3) is 22.3 Å². The van der Waals surface area contributed by atoms with Crippen LogP contribution in [0.5, 0.6) is 0 Å². The number of aromatic carboxylic acids is 1. The van der Waals surface area contributed by atoms with E-state index in [0.29, 0.717) is 11.0 Å². The van der Waals surface area contributed by atoms with Gasteiger partial charge >= 0.3 is 5.97 Å². The van der Waals surface area contributed by atoms with E-state index in [1.54, 1.807) is 11.0 Å². The van der Waals surface area contributed by atoms with Gasteiger partial charge in [-0.2, -0.15) is 5.10 Å². The molecule has 7 heteroatoms. The molecule has 0 aliphatic rings. The first kappa shape index (κ1) is 12.9. The first-order chi connectivity index (χ1) is 9.61. The predicted octanol–water partition coefficient (Wildman–Crippen LogP) is 2.91. The molecule has 0 spiro atoms. The third-order valence-electron chi connectivity index (χ3n) is 3.09. The van der Waals surface area contributed by atoms with Crippen LogP contribution < -0.4 is 0 Å². The van der Waals surface area contributed by atoms with Gasteiger partial charge in [0.25, 0.3) is 0 Å². The number of aromatic amines is 1. The molecule has 2 N–H and O–H groups in total. The lowest BCUT2D eigenvalue weighted by Gasteiger charge is -2.05. The maximum absolute atomic E-state index is 11.2. The molecule has 0 fully saturated rings. The fraction of sp³-hybridized carbons (Fsp3) is 0.154. The van der Waals surface area contributed by atoms with E-state index in [9.17, 15) is 4.79 Å². The molecular formula is C13H11BrN4O2. The van der Waals surface area contributed by atoms with Crippen molar-refractivity contribution in [3.8, 4) is 11.3 Å². The van der Waals surface area contributed by atoms with E-state index in [-0.39, 0.29) is 5.69 Å². The second-order valence-corrected chi connectivity index (χ2v) is 5.06. The molecule has 102 valence electrons. The van der Waals surface area contributed by atoms with Crippen LogP contribution >= 0.6 is 15.9 Å². The average molecular weight is 335 g/mol. The Kier molecular flexibility index (Phi) is 3.06. The molecule has 0 aliphatic carbocycles. The number of aryl methyl sites for hydroxylation is 1. The molecule has 0 amide bonds. The van der Waals surface area contributed by atoms with Crippen LogP contribution in [0, 0.1) is 0 Å². The van der Waals surface area contributed by atoms with E-state index in [4.69, 9.17) is 5.11 Å². The average Bonchev–Trinajstić information content (AvgIpc) is 3.01. The number of rotatable bonds is 3.